The van der Waals surface area contributed by atoms with Crippen molar-refractivity contribution in [3.63, 3.8) is 0 Å². The van der Waals surface area contributed by atoms with Gasteiger partial charge in [-0.15, -0.1) is 0 Å². The summed E-state index contributed by atoms with van der Waals surface area (Å²) in [7, 11) is 0. The van der Waals surface area contributed by atoms with Crippen LogP contribution in [0, 0.1) is 19.8 Å². The maximum absolute atomic E-state index is 12.6. The molecule has 1 heterocycles. The van der Waals surface area contributed by atoms with Gasteiger partial charge in [0.25, 0.3) is 0 Å². The molecule has 1 aliphatic rings. The number of rotatable bonds is 7. The normalized spacial score (nSPS) is 15.9. The lowest BCUT2D eigenvalue weighted by atomic mass is 10.1. The number of hydrogen-bond acceptors (Lipinski definition) is 5. The number of carbonyl (C=O) groups is 3. The highest BCUT2D eigenvalue weighted by molar-refractivity contribution is 5.96. The fraction of sp³-hybridized carbons (Fsp3) is 0.609. The standard InChI is InChI=1S/C23H36N4O4/c1-16(2)15-31-23(30)27-11-7-10-26(12-13-27)19(5)22(29)24-14-20(28)25-21-17(3)8-6-9-18(21)4/h6,8-9,16,19H,7,10-15H2,1-5H3,(H,24,29)(H,25,28). The summed E-state index contributed by atoms with van der Waals surface area (Å²) >= 11 is 0. The number of nitrogens with zero attached hydrogens (tertiary/aromatic N) is 2. The highest BCUT2D eigenvalue weighted by Crippen LogP contribution is 2.19. The topological polar surface area (TPSA) is 91.0 Å². The van der Waals surface area contributed by atoms with Crippen LogP contribution in [0.1, 0.15) is 38.3 Å². The molecule has 31 heavy (non-hydrogen) atoms. The van der Waals surface area contributed by atoms with Gasteiger partial charge in [-0.2, -0.15) is 0 Å². The molecule has 0 radical (unpaired) electrons. The molecule has 8 heteroatoms. The average molecular weight is 433 g/mol. The number of ether oxygens (including phenoxy) is 1. The Balaban J connectivity index is 1.80. The van der Waals surface area contributed by atoms with Crippen LogP contribution >= 0.6 is 0 Å². The molecule has 0 saturated carbocycles. The molecule has 2 rings (SSSR count). The fourth-order valence-electron chi connectivity index (χ4n) is 3.51. The molecule has 1 saturated heterocycles. The van der Waals surface area contributed by atoms with Gasteiger partial charge in [0.15, 0.2) is 0 Å². The van der Waals surface area contributed by atoms with Gasteiger partial charge >= 0.3 is 6.09 Å². The molecule has 0 aliphatic carbocycles. The van der Waals surface area contributed by atoms with Gasteiger partial charge < -0.3 is 20.3 Å². The van der Waals surface area contributed by atoms with Gasteiger partial charge in [0, 0.05) is 31.9 Å². The van der Waals surface area contributed by atoms with Crippen molar-refractivity contribution in [2.24, 2.45) is 5.92 Å². The van der Waals surface area contributed by atoms with E-state index in [1.54, 1.807) is 4.90 Å². The highest BCUT2D eigenvalue weighted by atomic mass is 16.6. The Morgan fingerprint density at radius 3 is 2.35 bits per heavy atom. The summed E-state index contributed by atoms with van der Waals surface area (Å²) in [5, 5.41) is 5.60. The Hall–Kier alpha value is -2.61. The van der Waals surface area contributed by atoms with E-state index in [0.717, 1.165) is 23.2 Å². The number of benzene rings is 1. The van der Waals surface area contributed by atoms with E-state index in [9.17, 15) is 14.4 Å². The number of carbonyl (C=O) groups excluding carboxylic acids is 3. The van der Waals surface area contributed by atoms with Crippen molar-refractivity contribution in [2.75, 3.05) is 44.6 Å². The van der Waals surface area contributed by atoms with Gasteiger partial charge in [-0.05, 0) is 44.2 Å². The number of nitrogens with one attached hydrogen (secondary N) is 2. The van der Waals surface area contributed by atoms with Crippen molar-refractivity contribution in [3.05, 3.63) is 29.3 Å². The molecule has 1 aliphatic heterocycles. The largest absolute Gasteiger partial charge is 0.449 e. The third kappa shape index (κ3) is 7.54. The average Bonchev–Trinajstić information content (AvgIpc) is 2.98. The van der Waals surface area contributed by atoms with Crippen molar-refractivity contribution in [1.29, 1.82) is 0 Å². The van der Waals surface area contributed by atoms with Crippen molar-refractivity contribution in [1.82, 2.24) is 15.1 Å². The minimum Gasteiger partial charge on any atom is -0.449 e. The summed E-state index contributed by atoms with van der Waals surface area (Å²) in [6.45, 7) is 12.4. The Morgan fingerprint density at radius 2 is 1.71 bits per heavy atom. The quantitative estimate of drug-likeness (QED) is 0.691. The number of aryl methyl sites for hydroxylation is 2. The summed E-state index contributed by atoms with van der Waals surface area (Å²) < 4.78 is 5.32. The van der Waals surface area contributed by atoms with E-state index in [1.165, 1.54) is 0 Å². The summed E-state index contributed by atoms with van der Waals surface area (Å²) in [6.07, 6.45) is 0.470. The van der Waals surface area contributed by atoms with E-state index >= 15 is 0 Å². The molecule has 1 atom stereocenters. The predicted molar refractivity (Wildman–Crippen MR) is 121 cm³/mol. The second kappa shape index (κ2) is 11.7. The molecule has 8 nitrogen and oxygen atoms in total. The fourth-order valence-corrected chi connectivity index (χ4v) is 3.51. The van der Waals surface area contributed by atoms with Crippen LogP contribution in [0.15, 0.2) is 18.2 Å². The molecule has 172 valence electrons. The molecule has 3 amide bonds. The zero-order valence-electron chi connectivity index (χ0n) is 19.4. The smallest absolute Gasteiger partial charge is 0.409 e. The van der Waals surface area contributed by atoms with Gasteiger partial charge in [-0.25, -0.2) is 4.79 Å². The van der Waals surface area contributed by atoms with Crippen LogP contribution in [-0.4, -0.2) is 73.1 Å². The SMILES string of the molecule is Cc1cccc(C)c1NC(=O)CNC(=O)C(C)N1CCCN(C(=O)OCC(C)C)CC1. The van der Waals surface area contributed by atoms with Gasteiger partial charge in [-0.3, -0.25) is 14.5 Å². The molecule has 1 aromatic carbocycles. The lowest BCUT2D eigenvalue weighted by molar-refractivity contribution is -0.128. The lowest BCUT2D eigenvalue weighted by Crippen LogP contribution is -2.48. The van der Waals surface area contributed by atoms with Crippen LogP contribution in [0.4, 0.5) is 10.5 Å². The van der Waals surface area contributed by atoms with Gasteiger partial charge in [-0.1, -0.05) is 32.0 Å². The first-order valence-electron chi connectivity index (χ1n) is 11.0. The van der Waals surface area contributed by atoms with E-state index in [0.29, 0.717) is 38.7 Å². The van der Waals surface area contributed by atoms with Crippen molar-refractivity contribution in [2.45, 2.75) is 47.1 Å². The Bertz CT molecular complexity index is 761. The second-order valence-electron chi connectivity index (χ2n) is 8.56. The van der Waals surface area contributed by atoms with Crippen LogP contribution < -0.4 is 10.6 Å². The number of anilines is 1. The Morgan fingerprint density at radius 1 is 1.03 bits per heavy atom. The number of para-hydroxylation sites is 1. The molecule has 0 spiro atoms. The van der Waals surface area contributed by atoms with Gasteiger partial charge in [0.05, 0.1) is 19.2 Å². The molecular weight excluding hydrogens is 396 g/mol. The van der Waals surface area contributed by atoms with E-state index in [1.807, 2.05) is 57.7 Å². The minimum absolute atomic E-state index is 0.0849. The predicted octanol–water partition coefficient (Wildman–Crippen LogP) is 2.55. The highest BCUT2D eigenvalue weighted by Gasteiger charge is 2.26. The minimum atomic E-state index is -0.389. The zero-order chi connectivity index (χ0) is 23.0. The summed E-state index contributed by atoms with van der Waals surface area (Å²) in [5.41, 5.74) is 2.75. The molecule has 0 aromatic heterocycles. The molecular formula is C23H36N4O4. The summed E-state index contributed by atoms with van der Waals surface area (Å²) in [5.74, 6) is -0.163. The molecule has 1 aromatic rings. The Labute approximate surface area is 185 Å². The van der Waals surface area contributed by atoms with E-state index < -0.39 is 0 Å². The molecule has 1 fully saturated rings. The van der Waals surface area contributed by atoms with Crippen molar-refractivity contribution in [3.8, 4) is 0 Å². The van der Waals surface area contributed by atoms with Crippen LogP contribution in [0.5, 0.6) is 0 Å². The second-order valence-corrected chi connectivity index (χ2v) is 8.56. The first-order valence-corrected chi connectivity index (χ1v) is 11.0. The van der Waals surface area contributed by atoms with Crippen molar-refractivity contribution < 1.29 is 19.1 Å². The first kappa shape index (κ1) is 24.7. The third-order valence-electron chi connectivity index (χ3n) is 5.42. The molecule has 1 unspecified atom stereocenters. The summed E-state index contributed by atoms with van der Waals surface area (Å²) in [4.78, 5) is 40.8. The van der Waals surface area contributed by atoms with Crippen LogP contribution in [0.2, 0.25) is 0 Å². The monoisotopic (exact) mass is 432 g/mol. The van der Waals surface area contributed by atoms with Gasteiger partial charge in [0.2, 0.25) is 11.8 Å². The van der Waals surface area contributed by atoms with Crippen LogP contribution in [-0.2, 0) is 14.3 Å². The van der Waals surface area contributed by atoms with Gasteiger partial charge in [0.1, 0.15) is 0 Å². The molecule has 2 N–H and O–H groups in total. The number of amides is 3. The van der Waals surface area contributed by atoms with E-state index in [4.69, 9.17) is 4.74 Å². The zero-order valence-corrected chi connectivity index (χ0v) is 19.4. The van der Waals surface area contributed by atoms with Crippen LogP contribution in [0.3, 0.4) is 0 Å². The summed E-state index contributed by atoms with van der Waals surface area (Å²) in [6, 6.07) is 5.42. The van der Waals surface area contributed by atoms with Crippen LogP contribution in [0.25, 0.3) is 0 Å². The van der Waals surface area contributed by atoms with E-state index in [2.05, 4.69) is 10.6 Å². The van der Waals surface area contributed by atoms with Crippen molar-refractivity contribution >= 4 is 23.6 Å². The first-order chi connectivity index (χ1) is 14.7. The van der Waals surface area contributed by atoms with E-state index in [-0.39, 0.29) is 30.5 Å². The third-order valence-corrected chi connectivity index (χ3v) is 5.42. The Kier molecular flexibility index (Phi) is 9.30. The lowest BCUT2D eigenvalue weighted by Gasteiger charge is -2.26. The maximum Gasteiger partial charge on any atom is 0.409 e. The molecule has 0 bridgehead atoms. The number of hydrogen-bond donors (Lipinski definition) is 2. The maximum atomic E-state index is 12.6.